The maximum absolute atomic E-state index is 5.39. The van der Waals surface area contributed by atoms with Crippen LogP contribution in [0.5, 0.6) is 0 Å². The Labute approximate surface area is 167 Å². The lowest BCUT2D eigenvalue weighted by atomic mass is 10.1. The van der Waals surface area contributed by atoms with Crippen molar-refractivity contribution in [1.29, 1.82) is 0 Å². The molecule has 0 aliphatic carbocycles. The van der Waals surface area contributed by atoms with E-state index in [2.05, 4.69) is 63.1 Å². The number of anilines is 1. The molecule has 0 bridgehead atoms. The minimum atomic E-state index is 0.586. The maximum Gasteiger partial charge on any atom is 0.189 e. The van der Waals surface area contributed by atoms with Crippen LogP contribution in [0.15, 0.2) is 72.4 Å². The second-order valence-electron chi connectivity index (χ2n) is 6.09. The number of nitrogens with zero attached hydrogens (tertiary/aromatic N) is 2. The van der Waals surface area contributed by atoms with E-state index in [-0.39, 0.29) is 0 Å². The number of hydrogen-bond acceptors (Lipinski definition) is 4. The highest BCUT2D eigenvalue weighted by Gasteiger charge is 2.06. The smallest absolute Gasteiger partial charge is 0.189 e. The molecule has 2 N–H and O–H groups in total. The monoisotopic (exact) mass is 390 g/mol. The first-order valence-corrected chi connectivity index (χ1v) is 9.95. The van der Waals surface area contributed by atoms with Crippen molar-refractivity contribution in [3.63, 3.8) is 0 Å². The number of thiazole rings is 1. The summed E-state index contributed by atoms with van der Waals surface area (Å²) in [7, 11) is 0. The van der Waals surface area contributed by atoms with E-state index < -0.39 is 0 Å². The van der Waals surface area contributed by atoms with Crippen molar-refractivity contribution in [3.05, 3.63) is 77.9 Å². The number of hydrogen-bond donors (Lipinski definition) is 2. The van der Waals surface area contributed by atoms with E-state index in [4.69, 9.17) is 12.2 Å². The normalized spacial score (nSPS) is 10.7. The molecule has 2 aromatic carbocycles. The van der Waals surface area contributed by atoms with Gasteiger partial charge in [-0.25, -0.2) is 4.98 Å². The zero-order valence-corrected chi connectivity index (χ0v) is 16.2. The van der Waals surface area contributed by atoms with Gasteiger partial charge < -0.3 is 10.6 Å². The van der Waals surface area contributed by atoms with Crippen molar-refractivity contribution in [2.45, 2.75) is 6.42 Å². The number of aromatic nitrogens is 2. The second-order valence-corrected chi connectivity index (χ2v) is 7.36. The van der Waals surface area contributed by atoms with Crippen LogP contribution in [-0.2, 0) is 6.42 Å². The third-order valence-corrected chi connectivity index (χ3v) is 5.20. The van der Waals surface area contributed by atoms with Crippen LogP contribution in [0, 0.1) is 0 Å². The lowest BCUT2D eigenvalue weighted by Gasteiger charge is -2.09. The Hall–Kier alpha value is -2.83. The molecule has 134 valence electrons. The van der Waals surface area contributed by atoms with E-state index in [0.717, 1.165) is 29.4 Å². The third-order valence-electron chi connectivity index (χ3n) is 4.20. The van der Waals surface area contributed by atoms with Gasteiger partial charge in [0.05, 0.1) is 5.69 Å². The molecule has 4 nitrogen and oxygen atoms in total. The highest BCUT2D eigenvalue weighted by atomic mass is 32.1. The van der Waals surface area contributed by atoms with Crippen LogP contribution in [0.4, 0.5) is 5.13 Å². The van der Waals surface area contributed by atoms with Crippen LogP contribution in [0.2, 0.25) is 0 Å². The molecule has 0 unspecified atom stereocenters. The molecule has 0 atom stereocenters. The largest absolute Gasteiger partial charge is 0.362 e. The molecule has 6 heteroatoms. The summed E-state index contributed by atoms with van der Waals surface area (Å²) in [6.45, 7) is 0.769. The van der Waals surface area contributed by atoms with Gasteiger partial charge in [-0.15, -0.1) is 11.3 Å². The van der Waals surface area contributed by atoms with E-state index in [0.29, 0.717) is 5.11 Å². The van der Waals surface area contributed by atoms with E-state index in [1.807, 2.05) is 17.5 Å². The summed E-state index contributed by atoms with van der Waals surface area (Å²) in [6.07, 6.45) is 4.47. The van der Waals surface area contributed by atoms with Crippen molar-refractivity contribution in [3.8, 4) is 11.3 Å². The van der Waals surface area contributed by atoms with Gasteiger partial charge in [-0.2, -0.15) is 0 Å². The summed E-state index contributed by atoms with van der Waals surface area (Å²) in [4.78, 5) is 8.69. The molecular weight excluding hydrogens is 372 g/mol. The Bertz CT molecular complexity index is 1060. The molecule has 0 aliphatic rings. The van der Waals surface area contributed by atoms with Crippen molar-refractivity contribution < 1.29 is 0 Å². The fourth-order valence-electron chi connectivity index (χ4n) is 2.83. The zero-order valence-electron chi connectivity index (χ0n) is 14.6. The average molecular weight is 391 g/mol. The molecule has 0 amide bonds. The number of nitrogens with one attached hydrogen (secondary N) is 2. The van der Waals surface area contributed by atoms with Gasteiger partial charge in [0, 0.05) is 29.9 Å². The summed E-state index contributed by atoms with van der Waals surface area (Å²) < 4.78 is 0. The van der Waals surface area contributed by atoms with E-state index >= 15 is 0 Å². The van der Waals surface area contributed by atoms with E-state index in [9.17, 15) is 0 Å². The standard InChI is InChI=1S/C21H18N4S2/c26-20(25-21-24-19(14-27-21)18-6-3-10-22-13-18)23-11-9-15-7-8-16-4-1-2-5-17(16)12-15/h1-8,10,12-14H,9,11H2,(H2,23,24,25,26). The minimum Gasteiger partial charge on any atom is -0.362 e. The van der Waals surface area contributed by atoms with Gasteiger partial charge in [-0.3, -0.25) is 4.98 Å². The number of rotatable bonds is 5. The molecule has 0 fully saturated rings. The van der Waals surface area contributed by atoms with Crippen LogP contribution in [0.1, 0.15) is 5.56 Å². The first-order valence-electron chi connectivity index (χ1n) is 8.66. The topological polar surface area (TPSA) is 49.8 Å². The first-order chi connectivity index (χ1) is 13.3. The van der Waals surface area contributed by atoms with Gasteiger partial charge in [-0.05, 0) is 47.1 Å². The highest BCUT2D eigenvalue weighted by Crippen LogP contribution is 2.24. The molecule has 0 spiro atoms. The fraction of sp³-hybridized carbons (Fsp3) is 0.0952. The predicted octanol–water partition coefficient (Wildman–Crippen LogP) is 4.89. The SMILES string of the molecule is S=C(NCCc1ccc2ccccc2c1)Nc1nc(-c2cccnc2)cs1. The molecule has 2 heterocycles. The van der Waals surface area contributed by atoms with Crippen LogP contribution >= 0.6 is 23.6 Å². The van der Waals surface area contributed by atoms with Gasteiger partial charge in [0.25, 0.3) is 0 Å². The maximum atomic E-state index is 5.39. The quantitative estimate of drug-likeness (QED) is 0.475. The van der Waals surface area contributed by atoms with Crippen molar-refractivity contribution >= 4 is 44.6 Å². The average Bonchev–Trinajstić information content (AvgIpc) is 3.17. The Kier molecular flexibility index (Phi) is 5.37. The Morgan fingerprint density at radius 3 is 2.78 bits per heavy atom. The zero-order chi connectivity index (χ0) is 18.5. The van der Waals surface area contributed by atoms with Gasteiger partial charge in [0.15, 0.2) is 10.2 Å². The number of fused-ring (bicyclic) bond motifs is 1. The van der Waals surface area contributed by atoms with Gasteiger partial charge in [-0.1, -0.05) is 42.5 Å². The summed E-state index contributed by atoms with van der Waals surface area (Å²) in [5, 5.41) is 12.3. The van der Waals surface area contributed by atoms with Crippen molar-refractivity contribution in [2.75, 3.05) is 11.9 Å². The van der Waals surface area contributed by atoms with E-state index in [1.54, 1.807) is 12.4 Å². The van der Waals surface area contributed by atoms with Crippen LogP contribution in [0.25, 0.3) is 22.0 Å². The third kappa shape index (κ3) is 4.48. The molecule has 4 aromatic rings. The Balaban J connectivity index is 1.30. The number of pyridine rings is 1. The molecule has 0 saturated heterocycles. The first kappa shape index (κ1) is 17.6. The summed E-state index contributed by atoms with van der Waals surface area (Å²) in [6, 6.07) is 18.9. The number of benzene rings is 2. The summed E-state index contributed by atoms with van der Waals surface area (Å²) in [5.41, 5.74) is 3.18. The second kappa shape index (κ2) is 8.24. The van der Waals surface area contributed by atoms with Gasteiger partial charge in [0.2, 0.25) is 0 Å². The van der Waals surface area contributed by atoms with Gasteiger partial charge in [0.1, 0.15) is 0 Å². The Morgan fingerprint density at radius 2 is 1.93 bits per heavy atom. The molecule has 0 radical (unpaired) electrons. The van der Waals surface area contributed by atoms with Crippen molar-refractivity contribution in [2.24, 2.45) is 0 Å². The van der Waals surface area contributed by atoms with Crippen LogP contribution in [0.3, 0.4) is 0 Å². The fourth-order valence-corrected chi connectivity index (χ4v) is 3.82. The number of thiocarbonyl (C=S) groups is 1. The molecular formula is C21H18N4S2. The lowest BCUT2D eigenvalue weighted by molar-refractivity contribution is 0.874. The molecule has 2 aromatic heterocycles. The van der Waals surface area contributed by atoms with Crippen LogP contribution in [-0.4, -0.2) is 21.6 Å². The summed E-state index contributed by atoms with van der Waals surface area (Å²) >= 11 is 6.91. The van der Waals surface area contributed by atoms with Crippen molar-refractivity contribution in [1.82, 2.24) is 15.3 Å². The minimum absolute atomic E-state index is 0.586. The molecule has 0 saturated carbocycles. The van der Waals surface area contributed by atoms with Crippen LogP contribution < -0.4 is 10.6 Å². The molecule has 27 heavy (non-hydrogen) atoms. The summed E-state index contributed by atoms with van der Waals surface area (Å²) in [5.74, 6) is 0. The molecule has 0 aliphatic heterocycles. The lowest BCUT2D eigenvalue weighted by Crippen LogP contribution is -2.30. The van der Waals surface area contributed by atoms with E-state index in [1.165, 1.54) is 27.7 Å². The highest BCUT2D eigenvalue weighted by molar-refractivity contribution is 7.80. The molecule has 4 rings (SSSR count). The Morgan fingerprint density at radius 1 is 1.04 bits per heavy atom. The van der Waals surface area contributed by atoms with Gasteiger partial charge >= 0.3 is 0 Å². The predicted molar refractivity (Wildman–Crippen MR) is 117 cm³/mol.